The number of nitrogens with zero attached hydrogens (tertiary/aromatic N) is 3. The lowest BCUT2D eigenvalue weighted by Gasteiger charge is -2.26. The summed E-state index contributed by atoms with van der Waals surface area (Å²) in [6, 6.07) is 12.7. The fraction of sp³-hybridized carbons (Fsp3) is 0.333. The molecule has 0 bridgehead atoms. The maximum absolute atomic E-state index is 13.4. The van der Waals surface area contributed by atoms with Gasteiger partial charge < -0.3 is 9.30 Å². The van der Waals surface area contributed by atoms with Gasteiger partial charge in [-0.2, -0.15) is 0 Å². The number of benzene rings is 2. The molecule has 1 aliphatic rings. The lowest BCUT2D eigenvalue weighted by atomic mass is 10.0. The molecule has 1 aliphatic heterocycles. The molecule has 1 aromatic heterocycles. The van der Waals surface area contributed by atoms with E-state index in [0.29, 0.717) is 45.3 Å². The van der Waals surface area contributed by atoms with Crippen molar-refractivity contribution in [3.63, 3.8) is 0 Å². The van der Waals surface area contributed by atoms with E-state index < -0.39 is 0 Å². The lowest BCUT2D eigenvalue weighted by molar-refractivity contribution is 0.0732. The van der Waals surface area contributed by atoms with Gasteiger partial charge in [0.05, 0.1) is 23.0 Å². The minimum Gasteiger partial charge on any atom is -0.383 e. The number of rotatable bonds is 7. The van der Waals surface area contributed by atoms with Crippen LogP contribution in [0.4, 0.5) is 0 Å². The second kappa shape index (κ2) is 10.9. The molecule has 174 valence electrons. The van der Waals surface area contributed by atoms with Crippen LogP contribution >= 0.6 is 34.8 Å². The van der Waals surface area contributed by atoms with Crippen LogP contribution < -0.4 is 5.43 Å². The zero-order chi connectivity index (χ0) is 23.4. The number of amides is 1. The summed E-state index contributed by atoms with van der Waals surface area (Å²) in [5.74, 6) is 0.0307. The number of ether oxygens (including phenoxy) is 1. The van der Waals surface area contributed by atoms with E-state index >= 15 is 0 Å². The summed E-state index contributed by atoms with van der Waals surface area (Å²) in [5, 5.41) is 3.56. The van der Waals surface area contributed by atoms with Gasteiger partial charge >= 0.3 is 5.91 Å². The topological polar surface area (TPSA) is 59.4 Å². The summed E-state index contributed by atoms with van der Waals surface area (Å²) >= 11 is 18.8. The second-order valence-electron chi connectivity index (χ2n) is 7.90. The average Bonchev–Trinajstić information content (AvgIpc) is 3.18. The van der Waals surface area contributed by atoms with Crippen LogP contribution in [0.2, 0.25) is 15.1 Å². The van der Waals surface area contributed by atoms with Gasteiger partial charge in [0.2, 0.25) is 5.82 Å². The van der Waals surface area contributed by atoms with Gasteiger partial charge in [0.15, 0.2) is 0 Å². The van der Waals surface area contributed by atoms with E-state index in [2.05, 4.69) is 5.43 Å². The normalized spacial score (nSPS) is 14.4. The summed E-state index contributed by atoms with van der Waals surface area (Å²) in [4.78, 5) is 18.2. The Morgan fingerprint density at radius 3 is 2.39 bits per heavy atom. The quantitative estimate of drug-likeness (QED) is 0.429. The summed E-state index contributed by atoms with van der Waals surface area (Å²) in [7, 11) is 1.63. The summed E-state index contributed by atoms with van der Waals surface area (Å²) in [5.41, 5.74) is 5.93. The smallest absolute Gasteiger partial charge is 0.301 e. The monoisotopic (exact) mass is 506 g/mol. The van der Waals surface area contributed by atoms with Crippen molar-refractivity contribution >= 4 is 40.7 Å². The number of methoxy groups -OCH3 is 1. The predicted octanol–water partition coefficient (Wildman–Crippen LogP) is 5.95. The molecular weight excluding hydrogens is 483 g/mol. The van der Waals surface area contributed by atoms with E-state index in [1.807, 2.05) is 39.9 Å². The van der Waals surface area contributed by atoms with Gasteiger partial charge in [-0.05, 0) is 43.2 Å². The number of aromatic nitrogens is 2. The molecule has 0 radical (unpaired) electrons. The van der Waals surface area contributed by atoms with E-state index in [1.165, 1.54) is 6.42 Å². The van der Waals surface area contributed by atoms with E-state index in [9.17, 15) is 4.79 Å². The van der Waals surface area contributed by atoms with Gasteiger partial charge in [0.1, 0.15) is 0 Å². The molecule has 0 atom stereocenters. The fourth-order valence-corrected chi connectivity index (χ4v) is 4.62. The lowest BCUT2D eigenvalue weighted by Crippen LogP contribution is -2.45. The first-order valence-electron chi connectivity index (χ1n) is 10.8. The van der Waals surface area contributed by atoms with Crippen molar-refractivity contribution < 1.29 is 9.53 Å². The number of halogens is 3. The van der Waals surface area contributed by atoms with Crippen LogP contribution in [0.1, 0.15) is 29.9 Å². The number of carbonyl (C=O) groups excluding carboxylic acids is 1. The van der Waals surface area contributed by atoms with Crippen LogP contribution in [0, 0.1) is 0 Å². The SMILES string of the molecule is COCCn1c(C(=O)NN2CCCCC2)nc(-c2ccc(Cl)cc2Cl)c1-c1ccc(Cl)cc1. The van der Waals surface area contributed by atoms with Gasteiger partial charge in [-0.1, -0.05) is 53.4 Å². The third-order valence-electron chi connectivity index (χ3n) is 5.61. The first-order valence-corrected chi connectivity index (χ1v) is 12.0. The zero-order valence-electron chi connectivity index (χ0n) is 18.3. The second-order valence-corrected chi connectivity index (χ2v) is 9.18. The maximum atomic E-state index is 13.4. The van der Waals surface area contributed by atoms with Crippen molar-refractivity contribution in [1.29, 1.82) is 0 Å². The van der Waals surface area contributed by atoms with Crippen LogP contribution in [0.3, 0.4) is 0 Å². The molecule has 0 aliphatic carbocycles. The zero-order valence-corrected chi connectivity index (χ0v) is 20.6. The number of nitrogens with one attached hydrogen (secondary N) is 1. The van der Waals surface area contributed by atoms with Crippen molar-refractivity contribution in [2.75, 3.05) is 26.8 Å². The maximum Gasteiger partial charge on any atom is 0.301 e. The van der Waals surface area contributed by atoms with Crippen LogP contribution in [-0.4, -0.2) is 47.3 Å². The van der Waals surface area contributed by atoms with Crippen molar-refractivity contribution in [2.24, 2.45) is 0 Å². The number of piperidine rings is 1. The molecular formula is C24H25Cl3N4O2. The molecule has 6 nitrogen and oxygen atoms in total. The molecule has 3 aromatic rings. The fourth-order valence-electron chi connectivity index (χ4n) is 4.00. The highest BCUT2D eigenvalue weighted by Gasteiger charge is 2.26. The molecule has 1 N–H and O–H groups in total. The van der Waals surface area contributed by atoms with E-state index in [-0.39, 0.29) is 5.91 Å². The van der Waals surface area contributed by atoms with Crippen LogP contribution in [0.15, 0.2) is 42.5 Å². The van der Waals surface area contributed by atoms with Gasteiger partial charge in [0, 0.05) is 47.9 Å². The highest BCUT2D eigenvalue weighted by molar-refractivity contribution is 6.36. The largest absolute Gasteiger partial charge is 0.383 e. The Balaban J connectivity index is 1.86. The first-order chi connectivity index (χ1) is 16.0. The summed E-state index contributed by atoms with van der Waals surface area (Å²) in [6.45, 7) is 2.50. The molecule has 1 fully saturated rings. The van der Waals surface area contributed by atoms with Crippen molar-refractivity contribution in [2.45, 2.75) is 25.8 Å². The molecule has 0 unspecified atom stereocenters. The number of imidazole rings is 1. The molecule has 9 heteroatoms. The van der Waals surface area contributed by atoms with Gasteiger partial charge in [0.25, 0.3) is 0 Å². The Kier molecular flexibility index (Phi) is 7.94. The van der Waals surface area contributed by atoms with Crippen LogP contribution in [0.5, 0.6) is 0 Å². The Labute approximate surface area is 208 Å². The first kappa shape index (κ1) is 24.0. The van der Waals surface area contributed by atoms with E-state index in [1.54, 1.807) is 19.2 Å². The standard InChI is InChI=1S/C24H25Cl3N4O2/c1-33-14-13-31-22(16-5-7-17(25)8-6-16)21(19-10-9-18(26)15-20(19)27)28-23(31)24(32)29-30-11-3-2-4-12-30/h5-10,15H,2-4,11-14H2,1H3,(H,29,32). The van der Waals surface area contributed by atoms with Gasteiger partial charge in [-0.25, -0.2) is 9.99 Å². The van der Waals surface area contributed by atoms with Gasteiger partial charge in [-0.15, -0.1) is 0 Å². The minimum absolute atomic E-state index is 0.264. The third-order valence-corrected chi connectivity index (χ3v) is 6.41. The van der Waals surface area contributed by atoms with E-state index in [4.69, 9.17) is 44.5 Å². The molecule has 2 aromatic carbocycles. The van der Waals surface area contributed by atoms with Crippen molar-refractivity contribution in [1.82, 2.24) is 20.0 Å². The highest BCUT2D eigenvalue weighted by atomic mass is 35.5. The van der Waals surface area contributed by atoms with Crippen molar-refractivity contribution in [3.8, 4) is 22.5 Å². The molecule has 0 saturated carbocycles. The number of carbonyl (C=O) groups is 1. The third kappa shape index (κ3) is 5.53. The predicted molar refractivity (Wildman–Crippen MR) is 133 cm³/mol. The van der Waals surface area contributed by atoms with Crippen molar-refractivity contribution in [3.05, 3.63) is 63.4 Å². The van der Waals surface area contributed by atoms with Crippen LogP contribution in [-0.2, 0) is 11.3 Å². The number of hydrogen-bond donors (Lipinski definition) is 1. The number of hydrazine groups is 1. The molecule has 0 spiro atoms. The Bertz CT molecular complexity index is 1130. The number of hydrogen-bond acceptors (Lipinski definition) is 4. The minimum atomic E-state index is -0.264. The molecule has 1 saturated heterocycles. The highest BCUT2D eigenvalue weighted by Crippen LogP contribution is 2.38. The molecule has 2 heterocycles. The molecule has 33 heavy (non-hydrogen) atoms. The summed E-state index contributed by atoms with van der Waals surface area (Å²) in [6.07, 6.45) is 3.29. The van der Waals surface area contributed by atoms with Gasteiger partial charge in [-0.3, -0.25) is 10.2 Å². The summed E-state index contributed by atoms with van der Waals surface area (Å²) < 4.78 is 7.22. The Morgan fingerprint density at radius 2 is 1.73 bits per heavy atom. The average molecular weight is 508 g/mol. The van der Waals surface area contributed by atoms with E-state index in [0.717, 1.165) is 37.2 Å². The van der Waals surface area contributed by atoms with Crippen LogP contribution in [0.25, 0.3) is 22.5 Å². The Hall–Kier alpha value is -2.09. The Morgan fingerprint density at radius 1 is 1.03 bits per heavy atom. The molecule has 1 amide bonds. The molecule has 4 rings (SSSR count).